The van der Waals surface area contributed by atoms with Crippen LogP contribution in [0.5, 0.6) is 0 Å². The number of hydrogen-bond donors (Lipinski definition) is 2. The number of aliphatic imine (C=N–C) groups is 1. The molecular formula is C13H19F3N4OS. The van der Waals surface area contributed by atoms with E-state index >= 15 is 0 Å². The Hall–Kier alpha value is -1.77. The van der Waals surface area contributed by atoms with Crippen LogP contribution in [0.2, 0.25) is 0 Å². The molecule has 1 unspecified atom stereocenters. The highest BCUT2D eigenvalue weighted by Gasteiger charge is 2.31. The molecule has 0 aliphatic rings. The molecule has 1 atom stereocenters. The summed E-state index contributed by atoms with van der Waals surface area (Å²) in [6.07, 6.45) is -4.40. The molecule has 0 radical (unpaired) electrons. The predicted octanol–water partition coefficient (Wildman–Crippen LogP) is 1.99. The number of carbonyl (C=O) groups is 1. The minimum absolute atomic E-state index is 0.0193. The number of alkyl halides is 3. The smallest absolute Gasteiger partial charge is 0.349 e. The van der Waals surface area contributed by atoms with Crippen LogP contribution in [0.25, 0.3) is 0 Å². The summed E-state index contributed by atoms with van der Waals surface area (Å²) in [5.74, 6) is -0.307. The lowest BCUT2D eigenvalue weighted by Crippen LogP contribution is -2.46. The van der Waals surface area contributed by atoms with Crippen molar-refractivity contribution in [2.75, 3.05) is 27.2 Å². The first-order valence-corrected chi connectivity index (χ1v) is 7.42. The normalized spacial score (nSPS) is 13.6. The van der Waals surface area contributed by atoms with Crippen LogP contribution in [0, 0.1) is 0 Å². The molecule has 0 saturated heterocycles. The third kappa shape index (κ3) is 6.33. The van der Waals surface area contributed by atoms with Crippen molar-refractivity contribution in [1.82, 2.24) is 15.5 Å². The van der Waals surface area contributed by atoms with Gasteiger partial charge >= 0.3 is 6.18 Å². The van der Waals surface area contributed by atoms with Gasteiger partial charge in [-0.3, -0.25) is 9.79 Å². The van der Waals surface area contributed by atoms with E-state index in [4.69, 9.17) is 0 Å². The van der Waals surface area contributed by atoms with E-state index in [2.05, 4.69) is 15.6 Å². The fraction of sp³-hybridized carbons (Fsp3) is 0.538. The molecule has 9 heteroatoms. The van der Waals surface area contributed by atoms with Crippen molar-refractivity contribution in [3.63, 3.8) is 0 Å². The van der Waals surface area contributed by atoms with Crippen LogP contribution in [0.1, 0.15) is 17.8 Å². The van der Waals surface area contributed by atoms with Crippen molar-refractivity contribution in [3.05, 3.63) is 22.4 Å². The van der Waals surface area contributed by atoms with E-state index in [1.807, 2.05) is 24.4 Å². The first-order valence-electron chi connectivity index (χ1n) is 6.54. The quantitative estimate of drug-likeness (QED) is 0.639. The van der Waals surface area contributed by atoms with Gasteiger partial charge in [0.25, 0.3) is 0 Å². The third-order valence-electron chi connectivity index (χ3n) is 2.80. The molecule has 0 bridgehead atoms. The van der Waals surface area contributed by atoms with Gasteiger partial charge in [0.05, 0.1) is 12.6 Å². The zero-order chi connectivity index (χ0) is 16.8. The third-order valence-corrected chi connectivity index (χ3v) is 3.85. The molecule has 22 heavy (non-hydrogen) atoms. The zero-order valence-corrected chi connectivity index (χ0v) is 13.4. The number of nitrogens with zero attached hydrogens (tertiary/aromatic N) is 2. The number of nitrogens with one attached hydrogen (secondary N) is 2. The highest BCUT2D eigenvalue weighted by molar-refractivity contribution is 7.10. The molecule has 1 rings (SSSR count). The van der Waals surface area contributed by atoms with Crippen molar-refractivity contribution >= 4 is 23.2 Å². The van der Waals surface area contributed by atoms with Gasteiger partial charge in [0, 0.05) is 19.0 Å². The maximum absolute atomic E-state index is 12.2. The lowest BCUT2D eigenvalue weighted by molar-refractivity contribution is -0.157. The first-order chi connectivity index (χ1) is 10.2. The van der Waals surface area contributed by atoms with Crippen LogP contribution in [0.3, 0.4) is 0 Å². The molecule has 2 N–H and O–H groups in total. The van der Waals surface area contributed by atoms with Gasteiger partial charge in [-0.1, -0.05) is 6.07 Å². The largest absolute Gasteiger partial charge is 0.406 e. The molecule has 1 heterocycles. The van der Waals surface area contributed by atoms with Gasteiger partial charge < -0.3 is 15.5 Å². The molecule has 0 aromatic carbocycles. The van der Waals surface area contributed by atoms with Crippen LogP contribution in [-0.4, -0.2) is 50.1 Å². The second-order valence-electron chi connectivity index (χ2n) is 4.67. The fourth-order valence-electron chi connectivity index (χ4n) is 1.66. The number of hydrogen-bond acceptors (Lipinski definition) is 3. The summed E-state index contributed by atoms with van der Waals surface area (Å²) in [6.45, 7) is 0.394. The molecule has 0 spiro atoms. The summed E-state index contributed by atoms with van der Waals surface area (Å²) in [5, 5.41) is 7.73. The Morgan fingerprint density at radius 3 is 2.68 bits per heavy atom. The Balaban J connectivity index is 2.45. The number of rotatable bonds is 5. The Morgan fingerprint density at radius 2 is 2.18 bits per heavy atom. The van der Waals surface area contributed by atoms with E-state index in [1.54, 1.807) is 11.3 Å². The maximum atomic E-state index is 12.2. The van der Waals surface area contributed by atoms with E-state index in [0.29, 0.717) is 10.9 Å². The Labute approximate surface area is 131 Å². The summed E-state index contributed by atoms with van der Waals surface area (Å²) in [6, 6.07) is 3.86. The summed E-state index contributed by atoms with van der Waals surface area (Å²) in [5.41, 5.74) is 0. The van der Waals surface area contributed by atoms with Crippen LogP contribution in [0.15, 0.2) is 22.5 Å². The molecule has 0 aliphatic heterocycles. The van der Waals surface area contributed by atoms with Crippen molar-refractivity contribution < 1.29 is 18.0 Å². The van der Waals surface area contributed by atoms with Gasteiger partial charge in [-0.05, 0) is 18.4 Å². The van der Waals surface area contributed by atoms with Crippen molar-refractivity contribution in [2.45, 2.75) is 19.1 Å². The summed E-state index contributed by atoms with van der Waals surface area (Å²) >= 11 is 1.57. The van der Waals surface area contributed by atoms with E-state index in [9.17, 15) is 18.0 Å². The summed E-state index contributed by atoms with van der Waals surface area (Å²) in [7, 11) is 2.64. The molecule has 0 saturated carbocycles. The lowest BCUT2D eigenvalue weighted by atomic mass is 10.3. The monoisotopic (exact) mass is 336 g/mol. The standard InChI is InChI=1S/C13H19F3N4OS/c1-9(10-5-4-6-22-10)19-12(17-2)18-7-11(21)20(3)8-13(14,15)16/h4-6,9H,7-8H2,1-3H3,(H2,17,18,19). The lowest BCUT2D eigenvalue weighted by Gasteiger charge is -2.21. The number of amides is 1. The molecule has 1 aromatic rings. The maximum Gasteiger partial charge on any atom is 0.406 e. The van der Waals surface area contributed by atoms with Crippen LogP contribution >= 0.6 is 11.3 Å². The SMILES string of the molecule is CN=C(NCC(=O)N(C)CC(F)(F)F)NC(C)c1cccs1. The Morgan fingerprint density at radius 1 is 1.50 bits per heavy atom. The average molecular weight is 336 g/mol. The van der Waals surface area contributed by atoms with Crippen molar-refractivity contribution in [2.24, 2.45) is 4.99 Å². The number of guanidine groups is 1. The van der Waals surface area contributed by atoms with Gasteiger partial charge in [0.15, 0.2) is 5.96 Å². The topological polar surface area (TPSA) is 56.7 Å². The molecular weight excluding hydrogens is 317 g/mol. The van der Waals surface area contributed by atoms with Crippen LogP contribution in [0.4, 0.5) is 13.2 Å². The summed E-state index contributed by atoms with van der Waals surface area (Å²) in [4.78, 5) is 17.3. The number of carbonyl (C=O) groups excluding carboxylic acids is 1. The highest BCUT2D eigenvalue weighted by atomic mass is 32.1. The molecule has 0 aliphatic carbocycles. The molecule has 5 nitrogen and oxygen atoms in total. The van der Waals surface area contributed by atoms with Gasteiger partial charge in [-0.15, -0.1) is 11.3 Å². The summed E-state index contributed by atoms with van der Waals surface area (Å²) < 4.78 is 36.6. The van der Waals surface area contributed by atoms with E-state index in [-0.39, 0.29) is 12.6 Å². The Bertz CT molecular complexity index is 502. The second-order valence-corrected chi connectivity index (χ2v) is 5.65. The minimum Gasteiger partial charge on any atom is -0.349 e. The average Bonchev–Trinajstić information content (AvgIpc) is 2.94. The number of thiophene rings is 1. The molecule has 0 fully saturated rings. The number of likely N-dealkylation sites (N-methyl/N-ethyl adjacent to an activating group) is 1. The van der Waals surface area contributed by atoms with Crippen molar-refractivity contribution in [1.29, 1.82) is 0 Å². The van der Waals surface area contributed by atoms with Crippen LogP contribution in [-0.2, 0) is 4.79 Å². The molecule has 124 valence electrons. The van der Waals surface area contributed by atoms with Crippen LogP contribution < -0.4 is 10.6 Å². The minimum atomic E-state index is -4.40. The van der Waals surface area contributed by atoms with Gasteiger partial charge in [0.1, 0.15) is 6.54 Å². The van der Waals surface area contributed by atoms with Gasteiger partial charge in [-0.25, -0.2) is 0 Å². The molecule has 1 aromatic heterocycles. The Kier molecular flexibility index (Phi) is 6.66. The van der Waals surface area contributed by atoms with Gasteiger partial charge in [0.2, 0.25) is 5.91 Å². The van der Waals surface area contributed by atoms with Gasteiger partial charge in [-0.2, -0.15) is 13.2 Å². The van der Waals surface area contributed by atoms with E-state index in [0.717, 1.165) is 11.9 Å². The zero-order valence-electron chi connectivity index (χ0n) is 12.6. The molecule has 1 amide bonds. The van der Waals surface area contributed by atoms with E-state index < -0.39 is 18.6 Å². The first kappa shape index (κ1) is 18.3. The van der Waals surface area contributed by atoms with E-state index in [1.165, 1.54) is 7.05 Å². The fourth-order valence-corrected chi connectivity index (χ4v) is 2.39. The highest BCUT2D eigenvalue weighted by Crippen LogP contribution is 2.18. The number of halogens is 3. The predicted molar refractivity (Wildman–Crippen MR) is 80.9 cm³/mol. The second kappa shape index (κ2) is 8.02. The van der Waals surface area contributed by atoms with Crippen molar-refractivity contribution in [3.8, 4) is 0 Å².